The standard InChI is InChI=1S/2ClH.FH.Na.Sn/h3*1H;;/q;;;+1;+2/p-3. The van der Waals surface area contributed by atoms with Gasteiger partial charge in [0.2, 0.25) is 0 Å². The first-order chi connectivity index (χ1) is 0. The monoisotopic (exact) mass is 232 g/mol. The van der Waals surface area contributed by atoms with Gasteiger partial charge in [0, 0.05) is 0 Å². The van der Waals surface area contributed by atoms with Crippen LogP contribution in [0.1, 0.15) is 0 Å². The number of hydrogen-bond donors (Lipinski definition) is 0. The normalized spacial score (nSPS) is 0. The number of hydrogen-bond acceptors (Lipinski definition) is 0. The Kier molecular flexibility index (Phi) is 364. The molecule has 0 rings (SSSR count). The fourth-order valence-electron chi connectivity index (χ4n) is 0. The summed E-state index contributed by atoms with van der Waals surface area (Å²) in [5, 5.41) is 0. The van der Waals surface area contributed by atoms with Crippen molar-refractivity contribution in [2.24, 2.45) is 0 Å². The molecule has 0 bridgehead atoms. The van der Waals surface area contributed by atoms with Gasteiger partial charge in [0.05, 0.1) is 0 Å². The fraction of sp³-hybridized carbons (Fsp3) is 0. The second-order valence-electron chi connectivity index (χ2n) is 0. The summed E-state index contributed by atoms with van der Waals surface area (Å²) in [5.41, 5.74) is 0. The molecule has 0 amide bonds. The van der Waals surface area contributed by atoms with Gasteiger partial charge >= 0.3 is 53.5 Å². The van der Waals surface area contributed by atoms with E-state index in [-0.39, 0.29) is 83.0 Å². The first-order valence-corrected chi connectivity index (χ1v) is 0. The van der Waals surface area contributed by atoms with Crippen molar-refractivity contribution < 1.29 is 59.1 Å². The summed E-state index contributed by atoms with van der Waals surface area (Å²) in [5.74, 6) is 0. The van der Waals surface area contributed by atoms with Crippen LogP contribution in [0.15, 0.2) is 0 Å². The second-order valence-corrected chi connectivity index (χ2v) is 0. The largest absolute Gasteiger partial charge is 2.00 e. The second kappa shape index (κ2) is 33.4. The fourth-order valence-corrected chi connectivity index (χ4v) is 0. The maximum absolute atomic E-state index is 0. The van der Waals surface area contributed by atoms with Gasteiger partial charge < -0.3 is 29.5 Å². The van der Waals surface area contributed by atoms with Crippen LogP contribution in [0.5, 0.6) is 0 Å². The minimum absolute atomic E-state index is 0. The van der Waals surface area contributed by atoms with E-state index in [9.17, 15) is 0 Å². The van der Waals surface area contributed by atoms with E-state index >= 15 is 0 Å². The Bertz CT molecular complexity index is 9.61. The van der Waals surface area contributed by atoms with Crippen molar-refractivity contribution in [2.45, 2.75) is 0 Å². The zero-order chi connectivity index (χ0) is 0. The van der Waals surface area contributed by atoms with E-state index in [0.29, 0.717) is 0 Å². The molecule has 0 aliphatic heterocycles. The molecular weight excluding hydrogens is 232 g/mol. The first-order valence-electron chi connectivity index (χ1n) is 0. The van der Waals surface area contributed by atoms with Gasteiger partial charge in [0.1, 0.15) is 0 Å². The molecule has 2 radical (unpaired) electrons. The van der Waals surface area contributed by atoms with E-state index in [1.54, 1.807) is 0 Å². The third kappa shape index (κ3) is 22.0. The topological polar surface area (TPSA) is 0 Å². The molecule has 0 unspecified atom stereocenters. The van der Waals surface area contributed by atoms with Gasteiger partial charge in [-0.15, -0.1) is 0 Å². The third-order valence-electron chi connectivity index (χ3n) is 0. The molecule has 0 aromatic heterocycles. The van der Waals surface area contributed by atoms with Crippen LogP contribution in [0.4, 0.5) is 0 Å². The average molecular weight is 232 g/mol. The Morgan fingerprint density at radius 2 is 0.800 bits per heavy atom. The Morgan fingerprint density at radius 3 is 0.800 bits per heavy atom. The zero-order valence-corrected chi connectivity index (χ0v) is 9.00. The third-order valence-corrected chi connectivity index (χ3v) is 0. The zero-order valence-electron chi connectivity index (χ0n) is 2.63. The van der Waals surface area contributed by atoms with Gasteiger partial charge in [-0.2, -0.15) is 0 Å². The maximum Gasteiger partial charge on any atom is 2.00 e. The summed E-state index contributed by atoms with van der Waals surface area (Å²) in [7, 11) is 0. The van der Waals surface area contributed by atoms with Crippen LogP contribution in [-0.4, -0.2) is 23.9 Å². The SMILES string of the molecule is [Cl-].[Cl-].[F-].[Na+].[Sn+2]. The average Bonchev–Trinajstić information content (AvgIpc) is 0. The maximum atomic E-state index is 0. The van der Waals surface area contributed by atoms with Crippen molar-refractivity contribution in [2.75, 3.05) is 0 Å². The molecule has 5 heavy (non-hydrogen) atoms. The summed E-state index contributed by atoms with van der Waals surface area (Å²) in [6.45, 7) is 0. The first kappa shape index (κ1) is 54.6. The van der Waals surface area contributed by atoms with Gasteiger partial charge in [-0.1, -0.05) is 0 Å². The Labute approximate surface area is 81.9 Å². The number of rotatable bonds is 0. The van der Waals surface area contributed by atoms with Crippen LogP contribution >= 0.6 is 0 Å². The van der Waals surface area contributed by atoms with E-state index in [1.165, 1.54) is 0 Å². The molecule has 0 fully saturated rings. The van der Waals surface area contributed by atoms with E-state index < -0.39 is 0 Å². The van der Waals surface area contributed by atoms with Crippen LogP contribution in [-0.2, 0) is 0 Å². The van der Waals surface area contributed by atoms with Crippen LogP contribution in [0.2, 0.25) is 0 Å². The van der Waals surface area contributed by atoms with E-state index in [1.807, 2.05) is 0 Å². The van der Waals surface area contributed by atoms with E-state index in [4.69, 9.17) is 0 Å². The van der Waals surface area contributed by atoms with Gasteiger partial charge in [0.25, 0.3) is 0 Å². The van der Waals surface area contributed by atoms with Gasteiger partial charge in [-0.25, -0.2) is 0 Å². The molecule has 0 N–H and O–H groups in total. The molecule has 0 aliphatic rings. The molecule has 26 valence electrons. The molecule has 0 nitrogen and oxygen atoms in total. The minimum atomic E-state index is 0. The van der Waals surface area contributed by atoms with Crippen molar-refractivity contribution in [3.63, 3.8) is 0 Å². The molecule has 0 heterocycles. The summed E-state index contributed by atoms with van der Waals surface area (Å²) < 4.78 is 0. The Morgan fingerprint density at radius 1 is 0.800 bits per heavy atom. The minimum Gasteiger partial charge on any atom is -1.00 e. The molecule has 0 saturated heterocycles. The molecule has 0 spiro atoms. The van der Waals surface area contributed by atoms with Crippen LogP contribution in [0.3, 0.4) is 0 Å². The quantitative estimate of drug-likeness (QED) is 0.363. The van der Waals surface area contributed by atoms with E-state index in [0.717, 1.165) is 0 Å². The summed E-state index contributed by atoms with van der Waals surface area (Å²) >= 11 is 0. The van der Waals surface area contributed by atoms with Crippen molar-refractivity contribution in [1.82, 2.24) is 0 Å². The summed E-state index contributed by atoms with van der Waals surface area (Å²) in [6, 6.07) is 0. The molecule has 0 atom stereocenters. The summed E-state index contributed by atoms with van der Waals surface area (Å²) in [4.78, 5) is 0. The van der Waals surface area contributed by atoms with Crippen LogP contribution in [0, 0.1) is 0 Å². The molecule has 0 aromatic rings. The van der Waals surface area contributed by atoms with Gasteiger partial charge in [-0.3, -0.25) is 0 Å². The van der Waals surface area contributed by atoms with Crippen molar-refractivity contribution >= 4 is 23.9 Å². The van der Waals surface area contributed by atoms with Gasteiger partial charge in [-0.05, 0) is 0 Å². The van der Waals surface area contributed by atoms with Crippen molar-refractivity contribution in [1.29, 1.82) is 0 Å². The van der Waals surface area contributed by atoms with Crippen LogP contribution in [0.25, 0.3) is 0 Å². The summed E-state index contributed by atoms with van der Waals surface area (Å²) in [6.07, 6.45) is 0. The Balaban J connectivity index is 0. The predicted molar refractivity (Wildman–Crippen MR) is 5.75 cm³/mol. The van der Waals surface area contributed by atoms with Crippen molar-refractivity contribution in [3.8, 4) is 0 Å². The molecule has 0 saturated carbocycles. The molecular formula is Cl2FNaSn. The van der Waals surface area contributed by atoms with Gasteiger partial charge in [0.15, 0.2) is 0 Å². The number of halogens is 3. The van der Waals surface area contributed by atoms with E-state index in [2.05, 4.69) is 0 Å². The molecule has 5 heteroatoms. The Hall–Kier alpha value is 2.31. The smallest absolute Gasteiger partial charge is 1.00 e. The van der Waals surface area contributed by atoms with Crippen molar-refractivity contribution in [3.05, 3.63) is 0 Å². The molecule has 0 aliphatic carbocycles. The predicted octanol–water partition coefficient (Wildman–Crippen LogP) is -12.4. The van der Waals surface area contributed by atoms with Crippen LogP contribution < -0.4 is 59.1 Å². The molecule has 0 aromatic carbocycles.